The van der Waals surface area contributed by atoms with Gasteiger partial charge in [-0.3, -0.25) is 4.79 Å². The summed E-state index contributed by atoms with van der Waals surface area (Å²) in [4.78, 5) is 15.7. The molecule has 2 N–H and O–H groups in total. The van der Waals surface area contributed by atoms with Crippen molar-refractivity contribution < 1.29 is 23.2 Å². The van der Waals surface area contributed by atoms with Crippen LogP contribution in [0, 0.1) is 0 Å². The number of carbonyl (C=O) groups is 1. The van der Waals surface area contributed by atoms with Crippen molar-refractivity contribution in [3.05, 3.63) is 54.6 Å². The van der Waals surface area contributed by atoms with E-state index in [1.807, 2.05) is 18.2 Å². The second kappa shape index (κ2) is 8.62. The molecule has 0 saturated carbocycles. The molecule has 2 aromatic carbocycles. The van der Waals surface area contributed by atoms with E-state index in [2.05, 4.69) is 27.1 Å². The molecule has 138 valence electrons. The molecule has 26 heavy (non-hydrogen) atoms. The number of rotatable bonds is 6. The lowest BCUT2D eigenvalue weighted by Crippen LogP contribution is -3.15. The number of carbonyl (C=O) groups excluding carboxylic acids is 1. The minimum Gasteiger partial charge on any atom is -0.435 e. The van der Waals surface area contributed by atoms with Crippen LogP contribution in [0.5, 0.6) is 5.75 Å². The van der Waals surface area contributed by atoms with Gasteiger partial charge >= 0.3 is 6.61 Å². The first-order valence-electron chi connectivity index (χ1n) is 8.58. The topological polar surface area (TPSA) is 46.0 Å². The van der Waals surface area contributed by atoms with Crippen LogP contribution in [-0.4, -0.2) is 45.2 Å². The summed E-state index contributed by atoms with van der Waals surface area (Å²) in [6.07, 6.45) is 0. The van der Waals surface area contributed by atoms with E-state index in [1.165, 1.54) is 22.7 Å². The van der Waals surface area contributed by atoms with Crippen LogP contribution in [-0.2, 0) is 4.79 Å². The van der Waals surface area contributed by atoms with Crippen LogP contribution in [0.25, 0.3) is 0 Å². The van der Waals surface area contributed by atoms with E-state index >= 15 is 0 Å². The molecule has 0 atom stereocenters. The second-order valence-corrected chi connectivity index (χ2v) is 6.20. The molecular formula is C19H22F2N3O2+. The highest BCUT2D eigenvalue weighted by Gasteiger charge is 2.22. The first-order chi connectivity index (χ1) is 12.6. The summed E-state index contributed by atoms with van der Waals surface area (Å²) in [5.41, 5.74) is 1.78. The monoisotopic (exact) mass is 362 g/mol. The number of hydrogen-bond donors (Lipinski definition) is 2. The number of benzene rings is 2. The molecule has 3 rings (SSSR count). The molecule has 0 bridgehead atoms. The lowest BCUT2D eigenvalue weighted by atomic mass is 10.2. The minimum absolute atomic E-state index is 0.0701. The number of ether oxygens (including phenoxy) is 1. The van der Waals surface area contributed by atoms with Crippen molar-refractivity contribution in [1.82, 2.24) is 0 Å². The third-order valence-corrected chi connectivity index (χ3v) is 4.37. The maximum Gasteiger partial charge on any atom is 0.387 e. The lowest BCUT2D eigenvalue weighted by molar-refractivity contribution is -0.892. The molecule has 1 aliphatic heterocycles. The zero-order valence-corrected chi connectivity index (χ0v) is 14.3. The highest BCUT2D eigenvalue weighted by Crippen LogP contribution is 2.17. The predicted octanol–water partition coefficient (Wildman–Crippen LogP) is 1.63. The summed E-state index contributed by atoms with van der Waals surface area (Å²) in [5.74, 6) is -0.0173. The van der Waals surface area contributed by atoms with Crippen LogP contribution >= 0.6 is 0 Å². The molecule has 7 heteroatoms. The van der Waals surface area contributed by atoms with Crippen molar-refractivity contribution >= 4 is 17.3 Å². The summed E-state index contributed by atoms with van der Waals surface area (Å²) in [7, 11) is 0. The number of amides is 1. The third kappa shape index (κ3) is 5.16. The van der Waals surface area contributed by atoms with E-state index in [0.29, 0.717) is 12.2 Å². The zero-order chi connectivity index (χ0) is 18.4. The van der Waals surface area contributed by atoms with Crippen LogP contribution < -0.4 is 19.9 Å². The van der Waals surface area contributed by atoms with E-state index in [1.54, 1.807) is 12.1 Å². The Balaban J connectivity index is 1.44. The van der Waals surface area contributed by atoms with Crippen molar-refractivity contribution in [2.24, 2.45) is 0 Å². The van der Waals surface area contributed by atoms with Crippen LogP contribution in [0.3, 0.4) is 0 Å². The number of halogens is 2. The largest absolute Gasteiger partial charge is 0.435 e. The molecule has 1 amide bonds. The fraction of sp³-hybridized carbons (Fsp3) is 0.316. The number of quaternary nitrogens is 1. The fourth-order valence-electron chi connectivity index (χ4n) is 3.05. The van der Waals surface area contributed by atoms with Gasteiger partial charge in [0.15, 0.2) is 6.54 Å². The Morgan fingerprint density at radius 2 is 1.73 bits per heavy atom. The molecule has 0 aromatic heterocycles. The molecule has 1 saturated heterocycles. The molecule has 5 nitrogen and oxygen atoms in total. The van der Waals surface area contributed by atoms with Gasteiger partial charge in [0.25, 0.3) is 5.91 Å². The average molecular weight is 362 g/mol. The van der Waals surface area contributed by atoms with Crippen molar-refractivity contribution in [3.63, 3.8) is 0 Å². The van der Waals surface area contributed by atoms with Crippen molar-refractivity contribution in [3.8, 4) is 5.75 Å². The normalized spacial score (nSPS) is 15.1. The molecule has 0 radical (unpaired) electrons. The van der Waals surface area contributed by atoms with Crippen LogP contribution in [0.2, 0.25) is 0 Å². The molecule has 2 aromatic rings. The molecule has 1 fully saturated rings. The number of alkyl halides is 2. The average Bonchev–Trinajstić information content (AvgIpc) is 2.64. The molecule has 1 heterocycles. The quantitative estimate of drug-likeness (QED) is 0.821. The summed E-state index contributed by atoms with van der Waals surface area (Å²) in [6, 6.07) is 16.2. The van der Waals surface area contributed by atoms with Gasteiger partial charge in [0, 0.05) is 11.4 Å². The van der Waals surface area contributed by atoms with Crippen LogP contribution in [0.1, 0.15) is 0 Å². The lowest BCUT2D eigenvalue weighted by Gasteiger charge is -2.33. The first kappa shape index (κ1) is 18.1. The summed E-state index contributed by atoms with van der Waals surface area (Å²) in [6.45, 7) is 1.14. The summed E-state index contributed by atoms with van der Waals surface area (Å²) in [5, 5.41) is 2.80. The number of nitrogens with one attached hydrogen (secondary N) is 2. The van der Waals surface area contributed by atoms with Gasteiger partial charge in [-0.05, 0) is 36.4 Å². The number of hydrogen-bond acceptors (Lipinski definition) is 3. The predicted molar refractivity (Wildman–Crippen MR) is 95.9 cm³/mol. The van der Waals surface area contributed by atoms with Gasteiger partial charge in [-0.1, -0.05) is 18.2 Å². The van der Waals surface area contributed by atoms with E-state index in [-0.39, 0.29) is 11.7 Å². The Kier molecular flexibility index (Phi) is 6.01. The Morgan fingerprint density at radius 3 is 2.35 bits per heavy atom. The molecule has 1 aliphatic rings. The standard InChI is InChI=1S/C19H21F2N3O2/c20-19(21)26-17-8-6-15(7-9-17)22-18(25)14-23-10-12-24(13-11-23)16-4-2-1-3-5-16/h1-9,19H,10-14H2,(H,22,25)/p+1. The van der Waals surface area contributed by atoms with Gasteiger partial charge in [-0.25, -0.2) is 0 Å². The first-order valence-corrected chi connectivity index (χ1v) is 8.58. The van der Waals surface area contributed by atoms with Gasteiger partial charge in [0.1, 0.15) is 5.75 Å². The van der Waals surface area contributed by atoms with Crippen molar-refractivity contribution in [1.29, 1.82) is 0 Å². The van der Waals surface area contributed by atoms with E-state index < -0.39 is 6.61 Å². The summed E-state index contributed by atoms with van der Waals surface area (Å²) >= 11 is 0. The Bertz CT molecular complexity index is 702. The number of piperazine rings is 1. The zero-order valence-electron chi connectivity index (χ0n) is 14.3. The van der Waals surface area contributed by atoms with Crippen molar-refractivity contribution in [2.45, 2.75) is 6.61 Å². The number of para-hydroxylation sites is 1. The SMILES string of the molecule is O=C(C[NH+]1CCN(c2ccccc2)CC1)Nc1ccc(OC(F)F)cc1. The van der Waals surface area contributed by atoms with Crippen LogP contribution in [0.4, 0.5) is 20.2 Å². The highest BCUT2D eigenvalue weighted by atomic mass is 19.3. The number of nitrogens with zero attached hydrogens (tertiary/aromatic N) is 1. The van der Waals surface area contributed by atoms with E-state index in [4.69, 9.17) is 0 Å². The third-order valence-electron chi connectivity index (χ3n) is 4.37. The maximum atomic E-state index is 12.2. The van der Waals surface area contributed by atoms with E-state index in [0.717, 1.165) is 26.2 Å². The molecule has 0 spiro atoms. The minimum atomic E-state index is -2.85. The Labute approximate surface area is 151 Å². The molecular weight excluding hydrogens is 340 g/mol. The Hall–Kier alpha value is -2.67. The van der Waals surface area contributed by atoms with E-state index in [9.17, 15) is 13.6 Å². The summed E-state index contributed by atoms with van der Waals surface area (Å²) < 4.78 is 28.5. The molecule has 0 unspecified atom stereocenters. The van der Waals surface area contributed by atoms with Crippen LogP contribution in [0.15, 0.2) is 54.6 Å². The highest BCUT2D eigenvalue weighted by molar-refractivity contribution is 5.91. The van der Waals surface area contributed by atoms with Gasteiger partial charge < -0.3 is 19.9 Å². The van der Waals surface area contributed by atoms with Crippen molar-refractivity contribution in [2.75, 3.05) is 42.9 Å². The van der Waals surface area contributed by atoms with Gasteiger partial charge in [-0.2, -0.15) is 8.78 Å². The van der Waals surface area contributed by atoms with Gasteiger partial charge in [0.05, 0.1) is 26.2 Å². The fourth-order valence-corrected chi connectivity index (χ4v) is 3.05. The Morgan fingerprint density at radius 1 is 1.08 bits per heavy atom. The maximum absolute atomic E-state index is 12.2. The van der Waals surface area contributed by atoms with Gasteiger partial charge in [0.2, 0.25) is 0 Å². The van der Waals surface area contributed by atoms with Gasteiger partial charge in [-0.15, -0.1) is 0 Å². The molecule has 0 aliphatic carbocycles. The smallest absolute Gasteiger partial charge is 0.387 e. The number of anilines is 2. The second-order valence-electron chi connectivity index (χ2n) is 6.20.